The first-order chi connectivity index (χ1) is 23.8. The lowest BCUT2D eigenvalue weighted by Crippen LogP contribution is -2.46. The van der Waals surface area contributed by atoms with Crippen molar-refractivity contribution >= 4 is 54.2 Å². The van der Waals surface area contributed by atoms with Crippen LogP contribution >= 0.6 is 11.3 Å². The fourth-order valence-corrected chi connectivity index (χ4v) is 9.53. The first kappa shape index (κ1) is 36.3. The van der Waals surface area contributed by atoms with E-state index in [1.165, 1.54) is 12.6 Å². The summed E-state index contributed by atoms with van der Waals surface area (Å²) in [6, 6.07) is 10.4. The summed E-state index contributed by atoms with van der Waals surface area (Å²) < 4.78 is 68.3. The molecular weight excluding hydrogens is 688 g/mol. The lowest BCUT2D eigenvalue weighted by Gasteiger charge is -2.36. The molecule has 0 saturated carbocycles. The highest BCUT2D eigenvalue weighted by Crippen LogP contribution is 2.35. The molecule has 6 rings (SSSR count). The van der Waals surface area contributed by atoms with Gasteiger partial charge in [0.1, 0.15) is 22.4 Å². The molecule has 2 fully saturated rings. The molecule has 50 heavy (non-hydrogen) atoms. The second-order valence-electron chi connectivity index (χ2n) is 13.4. The van der Waals surface area contributed by atoms with Crippen molar-refractivity contribution < 1.29 is 21.6 Å². The van der Waals surface area contributed by atoms with Crippen LogP contribution in [0.1, 0.15) is 54.3 Å². The number of hydrogen-bond acceptors (Lipinski definition) is 10. The van der Waals surface area contributed by atoms with E-state index >= 15 is 0 Å². The highest BCUT2D eigenvalue weighted by atomic mass is 32.2. The topological polar surface area (TPSA) is 131 Å². The van der Waals surface area contributed by atoms with Crippen molar-refractivity contribution in [1.29, 1.82) is 5.26 Å². The number of alkyl halides is 3. The van der Waals surface area contributed by atoms with Gasteiger partial charge in [-0.3, -0.25) is 9.80 Å². The van der Waals surface area contributed by atoms with Gasteiger partial charge in [-0.1, -0.05) is 6.07 Å². The van der Waals surface area contributed by atoms with Gasteiger partial charge in [0.05, 0.1) is 17.1 Å². The van der Waals surface area contributed by atoms with Crippen molar-refractivity contribution in [2.24, 2.45) is 0 Å². The summed E-state index contributed by atoms with van der Waals surface area (Å²) in [5.74, 6) is 0.927. The largest absolute Gasteiger partial charge is 0.393 e. The van der Waals surface area contributed by atoms with Gasteiger partial charge in [0.25, 0.3) is 0 Å². The van der Waals surface area contributed by atoms with Crippen LogP contribution in [0.3, 0.4) is 0 Å². The molecule has 0 unspecified atom stereocenters. The monoisotopic (exact) mass is 731 g/mol. The average Bonchev–Trinajstić information content (AvgIpc) is 3.66. The van der Waals surface area contributed by atoms with Crippen LogP contribution in [0.5, 0.6) is 0 Å². The van der Waals surface area contributed by atoms with Crippen molar-refractivity contribution in [3.63, 3.8) is 0 Å². The molecule has 4 aromatic rings. The van der Waals surface area contributed by atoms with Gasteiger partial charge in [-0.05, 0) is 89.0 Å². The van der Waals surface area contributed by atoms with Crippen molar-refractivity contribution in [3.05, 3.63) is 46.0 Å². The SMILES string of the molecule is CNc1nc(NC2CCN(Cc3ccc4c(cc(C#N)n4C[C@H](C)N4CCC(S(=O)(=O)NC)CC4)c3C)CC2)c2cc(CC(F)(F)F)sc2n1. The summed E-state index contributed by atoms with van der Waals surface area (Å²) in [4.78, 5) is 14.4. The summed E-state index contributed by atoms with van der Waals surface area (Å²) in [5.41, 5.74) is 3.99. The summed E-state index contributed by atoms with van der Waals surface area (Å²) in [5, 5.41) is 17.8. The quantitative estimate of drug-likeness (QED) is 0.184. The Kier molecular flexibility index (Phi) is 10.6. The van der Waals surface area contributed by atoms with E-state index in [0.29, 0.717) is 60.2 Å². The number of likely N-dealkylation sites (tertiary alicyclic amines) is 2. The van der Waals surface area contributed by atoms with Crippen molar-refractivity contribution in [2.75, 3.05) is 50.9 Å². The molecule has 0 spiro atoms. The molecule has 1 atom stereocenters. The third-order valence-corrected chi connectivity index (χ3v) is 13.2. The van der Waals surface area contributed by atoms with Gasteiger partial charge in [-0.2, -0.15) is 23.4 Å². The summed E-state index contributed by atoms with van der Waals surface area (Å²) in [6.07, 6.45) is -2.39. The minimum atomic E-state index is -4.29. The molecule has 0 aliphatic carbocycles. The fraction of sp³-hybridized carbons (Fsp3) is 0.559. The molecule has 11 nitrogen and oxygen atoms in total. The van der Waals surface area contributed by atoms with E-state index in [-0.39, 0.29) is 22.2 Å². The number of sulfonamides is 1. The molecule has 270 valence electrons. The Morgan fingerprint density at radius 2 is 1.78 bits per heavy atom. The van der Waals surface area contributed by atoms with Crippen molar-refractivity contribution in [2.45, 2.75) is 82.6 Å². The minimum absolute atomic E-state index is 0.122. The standard InChI is InChI=1S/C34H44F3N9O2S2/c1-21(45-13-9-27(10-14-45)50(47,48)40-4)19-46-25(18-38)15-28-22(2)23(5-6-30(28)46)20-44-11-7-24(8-12-44)41-31-29-16-26(17-34(35,36)37)49-32(29)43-33(39-3)42-31/h5-6,15-16,21,24,27,40H,7-14,17,19-20H2,1-4H3,(H2,39,41,42,43)/t21-/m0/s1. The van der Waals surface area contributed by atoms with Gasteiger partial charge in [-0.15, -0.1) is 11.3 Å². The van der Waals surface area contributed by atoms with Crippen LogP contribution in [0.25, 0.3) is 21.1 Å². The number of nitrogens with one attached hydrogen (secondary N) is 3. The predicted molar refractivity (Wildman–Crippen MR) is 192 cm³/mol. The number of rotatable bonds is 11. The van der Waals surface area contributed by atoms with Gasteiger partial charge in [0.15, 0.2) is 0 Å². The molecule has 2 saturated heterocycles. The second-order valence-corrected chi connectivity index (χ2v) is 16.7. The van der Waals surface area contributed by atoms with Crippen LogP contribution in [-0.4, -0.2) is 96.5 Å². The van der Waals surface area contributed by atoms with E-state index in [2.05, 4.69) is 71.7 Å². The molecular formula is C34H44F3N9O2S2. The normalized spacial score (nSPS) is 18.1. The van der Waals surface area contributed by atoms with Gasteiger partial charge < -0.3 is 15.2 Å². The number of halogens is 3. The number of nitriles is 1. The molecule has 3 aromatic heterocycles. The van der Waals surface area contributed by atoms with E-state index in [4.69, 9.17) is 0 Å². The number of fused-ring (bicyclic) bond motifs is 2. The van der Waals surface area contributed by atoms with E-state index in [1.807, 2.05) is 6.07 Å². The number of thiophene rings is 1. The van der Waals surface area contributed by atoms with Crippen LogP contribution in [0.15, 0.2) is 24.3 Å². The number of nitrogens with zero attached hydrogens (tertiary/aromatic N) is 6. The Morgan fingerprint density at radius 1 is 1.06 bits per heavy atom. The van der Waals surface area contributed by atoms with Gasteiger partial charge >= 0.3 is 6.18 Å². The molecule has 0 amide bonds. The first-order valence-electron chi connectivity index (χ1n) is 17.0. The number of aromatic nitrogens is 3. The average molecular weight is 732 g/mol. The maximum atomic E-state index is 13.1. The van der Waals surface area contributed by atoms with E-state index in [0.717, 1.165) is 60.3 Å². The Hall–Kier alpha value is -3.49. The number of benzene rings is 1. The maximum absolute atomic E-state index is 13.1. The zero-order chi connectivity index (χ0) is 35.8. The lowest BCUT2D eigenvalue weighted by atomic mass is 10.0. The molecule has 16 heteroatoms. The van der Waals surface area contributed by atoms with E-state index in [9.17, 15) is 26.9 Å². The molecule has 2 aliphatic rings. The minimum Gasteiger partial charge on any atom is -0.367 e. The van der Waals surface area contributed by atoms with Crippen LogP contribution < -0.4 is 15.4 Å². The zero-order valence-electron chi connectivity index (χ0n) is 28.8. The Morgan fingerprint density at radius 3 is 2.42 bits per heavy atom. The van der Waals surface area contributed by atoms with Gasteiger partial charge in [0, 0.05) is 61.1 Å². The molecule has 3 N–H and O–H groups in total. The zero-order valence-corrected chi connectivity index (χ0v) is 30.4. The van der Waals surface area contributed by atoms with Gasteiger partial charge in [-0.25, -0.2) is 18.1 Å². The number of hydrogen-bond donors (Lipinski definition) is 3. The summed E-state index contributed by atoms with van der Waals surface area (Å²) in [7, 11) is -0.118. The predicted octanol–water partition coefficient (Wildman–Crippen LogP) is 5.45. The molecule has 0 bridgehead atoms. The summed E-state index contributed by atoms with van der Waals surface area (Å²) >= 11 is 1.05. The van der Waals surface area contributed by atoms with Crippen LogP contribution in [-0.2, 0) is 29.5 Å². The molecule has 5 heterocycles. The van der Waals surface area contributed by atoms with E-state index in [1.54, 1.807) is 13.1 Å². The van der Waals surface area contributed by atoms with E-state index < -0.39 is 22.6 Å². The highest BCUT2D eigenvalue weighted by Gasteiger charge is 2.32. The second kappa shape index (κ2) is 14.6. The third-order valence-electron chi connectivity index (χ3n) is 10.2. The van der Waals surface area contributed by atoms with Crippen LogP contribution in [0.4, 0.5) is 24.9 Å². The van der Waals surface area contributed by atoms with Crippen molar-refractivity contribution in [3.8, 4) is 6.07 Å². The molecule has 1 aromatic carbocycles. The Labute approximate surface area is 294 Å². The Balaban J connectivity index is 1.09. The lowest BCUT2D eigenvalue weighted by molar-refractivity contribution is -0.126. The maximum Gasteiger partial charge on any atom is 0.393 e. The number of piperidine rings is 2. The molecule has 2 aliphatic heterocycles. The van der Waals surface area contributed by atoms with Crippen LogP contribution in [0.2, 0.25) is 0 Å². The van der Waals surface area contributed by atoms with Crippen molar-refractivity contribution in [1.82, 2.24) is 29.1 Å². The summed E-state index contributed by atoms with van der Waals surface area (Å²) in [6.45, 7) is 8.74. The Bertz CT molecular complexity index is 1990. The number of anilines is 2. The highest BCUT2D eigenvalue weighted by molar-refractivity contribution is 7.90. The smallest absolute Gasteiger partial charge is 0.367 e. The molecule has 0 radical (unpaired) electrons. The third kappa shape index (κ3) is 7.86. The van der Waals surface area contributed by atoms with Gasteiger partial charge in [0.2, 0.25) is 16.0 Å². The number of aryl methyl sites for hydroxylation is 1. The van der Waals surface area contributed by atoms with Crippen LogP contribution in [0, 0.1) is 18.3 Å². The first-order valence-corrected chi connectivity index (χ1v) is 19.4. The fourth-order valence-electron chi connectivity index (χ4n) is 7.30.